The van der Waals surface area contributed by atoms with Crippen molar-refractivity contribution in [3.8, 4) is 0 Å². The summed E-state index contributed by atoms with van der Waals surface area (Å²) >= 11 is 0. The Morgan fingerprint density at radius 2 is 1.65 bits per heavy atom. The maximum atomic E-state index is 5.69. The molecule has 0 aliphatic carbocycles. The van der Waals surface area contributed by atoms with E-state index >= 15 is 0 Å². The zero-order valence-electron chi connectivity index (χ0n) is 14.1. The van der Waals surface area contributed by atoms with Crippen LogP contribution in [0.2, 0.25) is 0 Å². The van der Waals surface area contributed by atoms with E-state index < -0.39 is 0 Å². The van der Waals surface area contributed by atoms with Gasteiger partial charge in [0, 0.05) is 33.0 Å². The Hall–Kier alpha value is -0.940. The Morgan fingerprint density at radius 1 is 0.870 bits per heavy atom. The molecule has 1 aliphatic heterocycles. The monoisotopic (exact) mass is 322 g/mol. The lowest BCUT2D eigenvalue weighted by molar-refractivity contribution is -0.163. The molecule has 1 aromatic rings. The molecule has 1 fully saturated rings. The second kappa shape index (κ2) is 12.5. The van der Waals surface area contributed by atoms with E-state index in [0.717, 1.165) is 58.7 Å². The maximum absolute atomic E-state index is 5.69. The SMILES string of the molecule is c1ccc(COCCCOCCCCOC2CCCCO2)cc1. The third-order valence-corrected chi connectivity index (χ3v) is 3.81. The topological polar surface area (TPSA) is 36.9 Å². The lowest BCUT2D eigenvalue weighted by Crippen LogP contribution is -2.22. The fourth-order valence-corrected chi connectivity index (χ4v) is 2.49. The van der Waals surface area contributed by atoms with Crippen LogP contribution in [0.25, 0.3) is 0 Å². The first-order valence-corrected chi connectivity index (χ1v) is 8.88. The van der Waals surface area contributed by atoms with Crippen molar-refractivity contribution in [3.63, 3.8) is 0 Å². The second-order valence-electron chi connectivity index (χ2n) is 5.88. The van der Waals surface area contributed by atoms with Gasteiger partial charge in [-0.1, -0.05) is 30.3 Å². The summed E-state index contributed by atoms with van der Waals surface area (Å²) in [6, 6.07) is 10.2. The summed E-state index contributed by atoms with van der Waals surface area (Å²) in [5, 5.41) is 0. The van der Waals surface area contributed by atoms with E-state index in [1.807, 2.05) is 18.2 Å². The van der Waals surface area contributed by atoms with Crippen LogP contribution in [0.4, 0.5) is 0 Å². The molecule has 1 aliphatic rings. The third kappa shape index (κ3) is 9.06. The molecule has 1 saturated heterocycles. The van der Waals surface area contributed by atoms with Crippen LogP contribution >= 0.6 is 0 Å². The van der Waals surface area contributed by atoms with E-state index in [-0.39, 0.29) is 6.29 Å². The molecule has 0 bridgehead atoms. The number of ether oxygens (including phenoxy) is 4. The van der Waals surface area contributed by atoms with E-state index in [1.165, 1.54) is 18.4 Å². The van der Waals surface area contributed by atoms with Gasteiger partial charge in [-0.3, -0.25) is 0 Å². The van der Waals surface area contributed by atoms with Crippen molar-refractivity contribution in [2.24, 2.45) is 0 Å². The molecule has 0 saturated carbocycles. The van der Waals surface area contributed by atoms with Crippen LogP contribution in [0, 0.1) is 0 Å². The first-order chi connectivity index (χ1) is 11.4. The third-order valence-electron chi connectivity index (χ3n) is 3.81. The molecule has 1 unspecified atom stereocenters. The van der Waals surface area contributed by atoms with E-state index in [1.54, 1.807) is 0 Å². The van der Waals surface area contributed by atoms with Gasteiger partial charge in [-0.2, -0.15) is 0 Å². The summed E-state index contributed by atoms with van der Waals surface area (Å²) in [6.07, 6.45) is 6.48. The number of hydrogen-bond acceptors (Lipinski definition) is 4. The number of hydrogen-bond donors (Lipinski definition) is 0. The zero-order valence-corrected chi connectivity index (χ0v) is 14.1. The molecule has 1 atom stereocenters. The fraction of sp³-hybridized carbons (Fsp3) is 0.684. The van der Waals surface area contributed by atoms with Crippen LogP contribution in [0.15, 0.2) is 30.3 Å². The number of benzene rings is 1. The standard InChI is InChI=1S/C19H30O4/c1-2-9-18(10-3-1)17-21-14-8-13-20-12-6-7-16-23-19-11-4-5-15-22-19/h1-3,9-10,19H,4-8,11-17H2. The molecule has 1 heterocycles. The van der Waals surface area contributed by atoms with Gasteiger partial charge in [-0.05, 0) is 44.1 Å². The molecule has 0 amide bonds. The minimum atomic E-state index is 0.0337. The van der Waals surface area contributed by atoms with Gasteiger partial charge in [0.2, 0.25) is 0 Å². The lowest BCUT2D eigenvalue weighted by atomic mass is 10.2. The fourth-order valence-electron chi connectivity index (χ4n) is 2.49. The smallest absolute Gasteiger partial charge is 0.157 e. The molecule has 2 rings (SSSR count). The molecular formula is C19H30O4. The Morgan fingerprint density at radius 3 is 2.48 bits per heavy atom. The van der Waals surface area contributed by atoms with Crippen molar-refractivity contribution in [2.45, 2.75) is 51.4 Å². The molecule has 4 nitrogen and oxygen atoms in total. The van der Waals surface area contributed by atoms with Gasteiger partial charge in [0.25, 0.3) is 0 Å². The van der Waals surface area contributed by atoms with E-state index in [0.29, 0.717) is 6.61 Å². The van der Waals surface area contributed by atoms with E-state index in [4.69, 9.17) is 18.9 Å². The summed E-state index contributed by atoms with van der Waals surface area (Å²) in [4.78, 5) is 0. The molecular weight excluding hydrogens is 292 g/mol. The first-order valence-electron chi connectivity index (χ1n) is 8.88. The van der Waals surface area contributed by atoms with Crippen LogP contribution in [0.1, 0.15) is 44.1 Å². The van der Waals surface area contributed by atoms with Gasteiger partial charge >= 0.3 is 0 Å². The number of unbranched alkanes of at least 4 members (excludes halogenated alkanes) is 1. The maximum Gasteiger partial charge on any atom is 0.157 e. The van der Waals surface area contributed by atoms with Crippen molar-refractivity contribution >= 4 is 0 Å². The first kappa shape index (κ1) is 18.4. The minimum Gasteiger partial charge on any atom is -0.381 e. The molecule has 0 radical (unpaired) electrons. The van der Waals surface area contributed by atoms with Crippen molar-refractivity contribution in [2.75, 3.05) is 33.0 Å². The highest BCUT2D eigenvalue weighted by atomic mass is 16.7. The lowest BCUT2D eigenvalue weighted by Gasteiger charge is -2.22. The Kier molecular flexibility index (Phi) is 9.98. The normalized spacial score (nSPS) is 18.2. The predicted molar refractivity (Wildman–Crippen MR) is 90.3 cm³/mol. The van der Waals surface area contributed by atoms with Crippen LogP contribution in [0.5, 0.6) is 0 Å². The molecule has 130 valence electrons. The van der Waals surface area contributed by atoms with Gasteiger partial charge in [0.15, 0.2) is 6.29 Å². The predicted octanol–water partition coefficient (Wildman–Crippen LogP) is 3.93. The zero-order chi connectivity index (χ0) is 16.0. The van der Waals surface area contributed by atoms with Gasteiger partial charge < -0.3 is 18.9 Å². The van der Waals surface area contributed by atoms with E-state index in [9.17, 15) is 0 Å². The van der Waals surface area contributed by atoms with Crippen LogP contribution in [-0.2, 0) is 25.6 Å². The summed E-state index contributed by atoms with van der Waals surface area (Å²) in [6.45, 7) is 4.61. The average Bonchev–Trinajstić information content (AvgIpc) is 2.61. The van der Waals surface area contributed by atoms with Gasteiger partial charge in [0.1, 0.15) is 0 Å². The minimum absolute atomic E-state index is 0.0337. The van der Waals surface area contributed by atoms with Crippen molar-refractivity contribution in [1.82, 2.24) is 0 Å². The highest BCUT2D eigenvalue weighted by molar-refractivity contribution is 5.13. The molecule has 0 aromatic heterocycles. The van der Waals surface area contributed by atoms with Crippen molar-refractivity contribution in [1.29, 1.82) is 0 Å². The molecule has 1 aromatic carbocycles. The quantitative estimate of drug-likeness (QED) is 0.546. The molecule has 23 heavy (non-hydrogen) atoms. The summed E-state index contributed by atoms with van der Waals surface area (Å²) in [5.41, 5.74) is 1.22. The van der Waals surface area contributed by atoms with Crippen molar-refractivity contribution < 1.29 is 18.9 Å². The molecule has 4 heteroatoms. The second-order valence-corrected chi connectivity index (χ2v) is 5.88. The Labute approximate surface area is 140 Å². The van der Waals surface area contributed by atoms with Crippen LogP contribution in [0.3, 0.4) is 0 Å². The van der Waals surface area contributed by atoms with Gasteiger partial charge in [-0.15, -0.1) is 0 Å². The summed E-state index contributed by atoms with van der Waals surface area (Å²) < 4.78 is 22.4. The molecule has 0 N–H and O–H groups in total. The van der Waals surface area contributed by atoms with Gasteiger partial charge in [-0.25, -0.2) is 0 Å². The Bertz CT molecular complexity index is 376. The summed E-state index contributed by atoms with van der Waals surface area (Å²) in [5.74, 6) is 0. The van der Waals surface area contributed by atoms with Crippen molar-refractivity contribution in [3.05, 3.63) is 35.9 Å². The molecule has 0 spiro atoms. The van der Waals surface area contributed by atoms with Crippen LogP contribution < -0.4 is 0 Å². The largest absolute Gasteiger partial charge is 0.381 e. The van der Waals surface area contributed by atoms with Gasteiger partial charge in [0.05, 0.1) is 6.61 Å². The Balaban J connectivity index is 1.30. The highest BCUT2D eigenvalue weighted by Gasteiger charge is 2.13. The number of rotatable bonds is 12. The van der Waals surface area contributed by atoms with E-state index in [2.05, 4.69) is 12.1 Å². The highest BCUT2D eigenvalue weighted by Crippen LogP contribution is 2.13. The van der Waals surface area contributed by atoms with Crippen LogP contribution in [-0.4, -0.2) is 39.3 Å². The summed E-state index contributed by atoms with van der Waals surface area (Å²) in [7, 11) is 0. The average molecular weight is 322 g/mol.